The van der Waals surface area contributed by atoms with Gasteiger partial charge >= 0.3 is 0 Å². The number of rotatable bonds is 6. The highest BCUT2D eigenvalue weighted by molar-refractivity contribution is 7.98. The highest BCUT2D eigenvalue weighted by Crippen LogP contribution is 2.24. The fourth-order valence-corrected chi connectivity index (χ4v) is 3.06. The van der Waals surface area contributed by atoms with Crippen molar-refractivity contribution in [2.75, 3.05) is 18.6 Å². The van der Waals surface area contributed by atoms with Gasteiger partial charge in [-0.25, -0.2) is 0 Å². The van der Waals surface area contributed by atoms with Crippen LogP contribution in [-0.4, -0.2) is 18.6 Å². The Bertz CT molecular complexity index is 288. The van der Waals surface area contributed by atoms with Gasteiger partial charge in [0.05, 0.1) is 4.34 Å². The summed E-state index contributed by atoms with van der Waals surface area (Å²) in [4.78, 5) is 0. The molecule has 0 saturated carbocycles. The van der Waals surface area contributed by atoms with Gasteiger partial charge < -0.3 is 5.32 Å². The molecule has 0 spiro atoms. The van der Waals surface area contributed by atoms with E-state index in [4.69, 9.17) is 11.6 Å². The van der Waals surface area contributed by atoms with Crippen molar-refractivity contribution in [2.45, 2.75) is 19.9 Å². The van der Waals surface area contributed by atoms with Gasteiger partial charge in [-0.3, -0.25) is 0 Å². The molecule has 1 rings (SSSR count). The Morgan fingerprint density at radius 2 is 2.27 bits per heavy atom. The molecule has 4 heteroatoms. The lowest BCUT2D eigenvalue weighted by molar-refractivity contribution is 0.502. The number of thiophene rings is 1. The van der Waals surface area contributed by atoms with Gasteiger partial charge in [0.1, 0.15) is 0 Å². The smallest absolute Gasteiger partial charge is 0.0931 e. The van der Waals surface area contributed by atoms with E-state index >= 15 is 0 Å². The molecule has 0 bridgehead atoms. The molecule has 0 radical (unpaired) electrons. The van der Waals surface area contributed by atoms with E-state index in [0.717, 1.165) is 16.8 Å². The molecule has 0 saturated heterocycles. The van der Waals surface area contributed by atoms with Crippen molar-refractivity contribution < 1.29 is 0 Å². The summed E-state index contributed by atoms with van der Waals surface area (Å²) >= 11 is 9.41. The lowest BCUT2D eigenvalue weighted by Crippen LogP contribution is -2.25. The SMILES string of the molecule is CSCC(C)CNC(C)c1csc(Cl)c1. The van der Waals surface area contributed by atoms with Crippen LogP contribution in [0, 0.1) is 5.92 Å². The molecule has 1 aromatic rings. The van der Waals surface area contributed by atoms with Crippen LogP contribution in [0.5, 0.6) is 0 Å². The first-order valence-corrected chi connectivity index (χ1v) is 7.75. The van der Waals surface area contributed by atoms with Gasteiger partial charge in [0.2, 0.25) is 0 Å². The summed E-state index contributed by atoms with van der Waals surface area (Å²) in [7, 11) is 0. The zero-order valence-corrected chi connectivity index (χ0v) is 11.8. The van der Waals surface area contributed by atoms with Crippen molar-refractivity contribution >= 4 is 34.7 Å². The molecule has 1 aromatic heterocycles. The Morgan fingerprint density at radius 3 is 2.80 bits per heavy atom. The molecule has 2 atom stereocenters. The van der Waals surface area contributed by atoms with E-state index in [1.807, 2.05) is 17.8 Å². The lowest BCUT2D eigenvalue weighted by Gasteiger charge is -2.16. The third-order valence-corrected chi connectivity index (χ3v) is 4.32. The van der Waals surface area contributed by atoms with Crippen LogP contribution in [0.15, 0.2) is 11.4 Å². The van der Waals surface area contributed by atoms with Crippen LogP contribution in [0.3, 0.4) is 0 Å². The van der Waals surface area contributed by atoms with Gasteiger partial charge in [-0.05, 0) is 48.4 Å². The Morgan fingerprint density at radius 1 is 1.53 bits per heavy atom. The maximum atomic E-state index is 5.90. The molecule has 2 unspecified atom stereocenters. The maximum absolute atomic E-state index is 5.90. The van der Waals surface area contributed by atoms with Gasteiger partial charge in [0, 0.05) is 6.04 Å². The number of hydrogen-bond donors (Lipinski definition) is 1. The van der Waals surface area contributed by atoms with E-state index in [0.29, 0.717) is 6.04 Å². The van der Waals surface area contributed by atoms with Gasteiger partial charge in [0.15, 0.2) is 0 Å². The van der Waals surface area contributed by atoms with E-state index in [9.17, 15) is 0 Å². The Balaban J connectivity index is 2.33. The normalized spacial score (nSPS) is 15.2. The topological polar surface area (TPSA) is 12.0 Å². The average molecular weight is 264 g/mol. The number of nitrogens with one attached hydrogen (secondary N) is 1. The van der Waals surface area contributed by atoms with Crippen molar-refractivity contribution in [3.63, 3.8) is 0 Å². The molecule has 86 valence electrons. The van der Waals surface area contributed by atoms with E-state index in [-0.39, 0.29) is 0 Å². The Labute approximate surface area is 106 Å². The zero-order valence-electron chi connectivity index (χ0n) is 9.42. The summed E-state index contributed by atoms with van der Waals surface area (Å²) < 4.78 is 0.871. The van der Waals surface area contributed by atoms with E-state index in [1.165, 1.54) is 11.3 Å². The van der Waals surface area contributed by atoms with Gasteiger partial charge in [-0.1, -0.05) is 18.5 Å². The van der Waals surface area contributed by atoms with Crippen LogP contribution >= 0.6 is 34.7 Å². The maximum Gasteiger partial charge on any atom is 0.0931 e. The van der Waals surface area contributed by atoms with Crippen molar-refractivity contribution in [1.82, 2.24) is 5.32 Å². The van der Waals surface area contributed by atoms with Gasteiger partial charge in [-0.15, -0.1) is 11.3 Å². The first-order valence-electron chi connectivity index (χ1n) is 5.09. The summed E-state index contributed by atoms with van der Waals surface area (Å²) in [6.45, 7) is 5.52. The Kier molecular flexibility index (Phi) is 6.05. The van der Waals surface area contributed by atoms with Gasteiger partial charge in [0.25, 0.3) is 0 Å². The van der Waals surface area contributed by atoms with Crippen LogP contribution in [0.25, 0.3) is 0 Å². The van der Waals surface area contributed by atoms with Crippen LogP contribution < -0.4 is 5.32 Å². The largest absolute Gasteiger partial charge is 0.310 e. The van der Waals surface area contributed by atoms with E-state index in [1.54, 1.807) is 11.3 Å². The molecule has 1 nitrogen and oxygen atoms in total. The minimum absolute atomic E-state index is 0.401. The second kappa shape index (κ2) is 6.79. The van der Waals surface area contributed by atoms with Crippen molar-refractivity contribution in [3.8, 4) is 0 Å². The van der Waals surface area contributed by atoms with Gasteiger partial charge in [-0.2, -0.15) is 11.8 Å². The number of thioether (sulfide) groups is 1. The van der Waals surface area contributed by atoms with Crippen molar-refractivity contribution in [2.24, 2.45) is 5.92 Å². The standard InChI is InChI=1S/C11H18ClNS2/c1-8(6-14-3)5-13-9(2)10-4-11(12)15-7-10/h4,7-9,13H,5-6H2,1-3H3. The number of hydrogen-bond acceptors (Lipinski definition) is 3. The molecule has 0 aliphatic rings. The molecule has 0 aliphatic heterocycles. The summed E-state index contributed by atoms with van der Waals surface area (Å²) in [5.74, 6) is 1.93. The summed E-state index contributed by atoms with van der Waals surface area (Å²) in [5.41, 5.74) is 1.29. The quantitative estimate of drug-likeness (QED) is 0.831. The summed E-state index contributed by atoms with van der Waals surface area (Å²) in [5, 5.41) is 5.66. The molecule has 0 amide bonds. The zero-order chi connectivity index (χ0) is 11.3. The summed E-state index contributed by atoms with van der Waals surface area (Å²) in [6, 6.07) is 2.45. The van der Waals surface area contributed by atoms with Crippen molar-refractivity contribution in [3.05, 3.63) is 21.3 Å². The lowest BCUT2D eigenvalue weighted by atomic mass is 10.1. The minimum atomic E-state index is 0.401. The Hall–Kier alpha value is 0.300. The van der Waals surface area contributed by atoms with Crippen LogP contribution in [0.1, 0.15) is 25.5 Å². The molecule has 15 heavy (non-hydrogen) atoms. The predicted molar refractivity (Wildman–Crippen MR) is 73.3 cm³/mol. The molecule has 1 heterocycles. The third kappa shape index (κ3) is 4.77. The minimum Gasteiger partial charge on any atom is -0.310 e. The molecule has 1 N–H and O–H groups in total. The monoisotopic (exact) mass is 263 g/mol. The van der Waals surface area contributed by atoms with E-state index in [2.05, 4.69) is 30.8 Å². The fraction of sp³-hybridized carbons (Fsp3) is 0.636. The molecular weight excluding hydrogens is 246 g/mol. The van der Waals surface area contributed by atoms with Crippen molar-refractivity contribution in [1.29, 1.82) is 0 Å². The molecule has 0 aliphatic carbocycles. The second-order valence-corrected chi connectivity index (χ2v) is 6.33. The predicted octanol–water partition coefficient (Wildman–Crippen LogP) is 4.05. The van der Waals surface area contributed by atoms with Crippen LogP contribution in [-0.2, 0) is 0 Å². The third-order valence-electron chi connectivity index (χ3n) is 2.31. The second-order valence-electron chi connectivity index (χ2n) is 3.87. The van der Waals surface area contributed by atoms with Crippen LogP contribution in [0.4, 0.5) is 0 Å². The molecule has 0 fully saturated rings. The first-order chi connectivity index (χ1) is 7.13. The van der Waals surface area contributed by atoms with E-state index < -0.39 is 0 Å². The summed E-state index contributed by atoms with van der Waals surface area (Å²) in [6.07, 6.45) is 2.15. The number of halogens is 1. The fourth-order valence-electron chi connectivity index (χ4n) is 1.39. The molecular formula is C11H18ClNS2. The highest BCUT2D eigenvalue weighted by Gasteiger charge is 2.08. The average Bonchev–Trinajstić information content (AvgIpc) is 2.62. The highest BCUT2D eigenvalue weighted by atomic mass is 35.5. The first kappa shape index (κ1) is 13.4. The molecule has 0 aromatic carbocycles. The van der Waals surface area contributed by atoms with Crippen LogP contribution in [0.2, 0.25) is 4.34 Å².